The summed E-state index contributed by atoms with van der Waals surface area (Å²) in [5, 5.41) is 5.08. The Hall–Kier alpha value is -9.33. The van der Waals surface area contributed by atoms with Crippen LogP contribution in [0.4, 0.5) is 0 Å². The lowest BCUT2D eigenvalue weighted by Crippen LogP contribution is -2.33. The molecule has 9 aromatic rings. The number of rotatable bonds is 11. The van der Waals surface area contributed by atoms with Gasteiger partial charge in [0, 0.05) is 66.7 Å². The number of nitrogens with zero attached hydrogens (tertiary/aromatic N) is 7. The zero-order chi connectivity index (χ0) is 52.2. The summed E-state index contributed by atoms with van der Waals surface area (Å²) in [6.45, 7) is 13.0. The summed E-state index contributed by atoms with van der Waals surface area (Å²) in [4.78, 5) is 24.9. The lowest BCUT2D eigenvalue weighted by Gasteiger charge is -2.17. The Bertz CT molecular complexity index is 4120. The molecule has 0 fully saturated rings. The Morgan fingerprint density at radius 2 is 1.30 bits per heavy atom. The van der Waals surface area contributed by atoms with Gasteiger partial charge < -0.3 is 9.13 Å². The number of hydrogen-bond donors (Lipinski definition) is 0. The van der Waals surface area contributed by atoms with Crippen molar-refractivity contribution >= 4 is 75.7 Å². The lowest BCUT2D eigenvalue weighted by molar-refractivity contribution is 0.734. The minimum absolute atomic E-state index is 0.163. The molecule has 7 nitrogen and oxygen atoms in total. The third-order valence-electron chi connectivity index (χ3n) is 15.0. The Morgan fingerprint density at radius 3 is 2.06 bits per heavy atom. The van der Waals surface area contributed by atoms with Crippen LogP contribution in [0.2, 0.25) is 0 Å². The van der Waals surface area contributed by atoms with Crippen molar-refractivity contribution in [1.82, 2.24) is 9.13 Å². The summed E-state index contributed by atoms with van der Waals surface area (Å²) in [7, 11) is 0. The molecule has 7 heteroatoms. The molecule has 2 unspecified atom stereocenters. The van der Waals surface area contributed by atoms with Gasteiger partial charge in [0.2, 0.25) is 0 Å². The van der Waals surface area contributed by atoms with Crippen molar-refractivity contribution in [3.8, 4) is 11.4 Å². The van der Waals surface area contributed by atoms with Crippen molar-refractivity contribution in [2.75, 3.05) is 0 Å². The molecule has 2 atom stereocenters. The van der Waals surface area contributed by atoms with E-state index in [1.165, 1.54) is 38.2 Å². The first-order valence-corrected chi connectivity index (χ1v) is 26.7. The molecule has 3 aliphatic carbocycles. The Morgan fingerprint density at radius 1 is 0.610 bits per heavy atom. The zero-order valence-electron chi connectivity index (χ0n) is 43.6. The van der Waals surface area contributed by atoms with E-state index in [0.29, 0.717) is 35.7 Å². The highest BCUT2D eigenvalue weighted by Gasteiger charge is 2.25. The van der Waals surface area contributed by atoms with Crippen LogP contribution in [0.25, 0.3) is 57.1 Å². The third kappa shape index (κ3) is 9.80. The van der Waals surface area contributed by atoms with Gasteiger partial charge in [-0.2, -0.15) is 0 Å². The van der Waals surface area contributed by atoms with Gasteiger partial charge in [-0.25, -0.2) is 20.0 Å². The van der Waals surface area contributed by atoms with Crippen LogP contribution < -0.4 is 10.6 Å². The van der Waals surface area contributed by atoms with Crippen molar-refractivity contribution in [2.45, 2.75) is 52.0 Å². The first kappa shape index (κ1) is 48.6. The number of fused-ring (bicyclic) bond motifs is 6. The van der Waals surface area contributed by atoms with Gasteiger partial charge in [-0.05, 0) is 116 Å². The van der Waals surface area contributed by atoms with Gasteiger partial charge >= 0.3 is 0 Å². The minimum Gasteiger partial charge on any atom is -0.310 e. The SMILES string of the molecule is C=NC(=NC(=NCc1cccc(-n2c3c(c4c2=CCC(c2cccc5c2c2ccccc2n5-c2cccc(C(N=C(C)c5ccccc5)=NC(=C)c5ccccc5)c2)C=4)CCC=C3)c1)c1ccccc1)C1=CCC(C)C=C1. The number of benzene rings is 7. The van der Waals surface area contributed by atoms with Gasteiger partial charge in [0.25, 0.3) is 0 Å². The van der Waals surface area contributed by atoms with Gasteiger partial charge in [-0.15, -0.1) is 0 Å². The number of para-hydroxylation sites is 1. The predicted octanol–water partition coefficient (Wildman–Crippen LogP) is 14.8. The maximum Gasteiger partial charge on any atom is 0.160 e. The monoisotopic (exact) mass is 997 g/mol. The average molecular weight is 998 g/mol. The van der Waals surface area contributed by atoms with Gasteiger partial charge in [0.05, 0.1) is 23.3 Å². The number of aliphatic imine (C=N–C) groups is 5. The van der Waals surface area contributed by atoms with Gasteiger partial charge in [-0.3, -0.25) is 4.99 Å². The van der Waals surface area contributed by atoms with E-state index < -0.39 is 0 Å². The summed E-state index contributed by atoms with van der Waals surface area (Å²) in [5.74, 6) is 2.47. The van der Waals surface area contributed by atoms with E-state index in [1.54, 1.807) is 0 Å². The van der Waals surface area contributed by atoms with E-state index in [-0.39, 0.29) is 5.92 Å². The largest absolute Gasteiger partial charge is 0.310 e. The van der Waals surface area contributed by atoms with E-state index in [1.807, 2.05) is 73.7 Å². The molecule has 2 aromatic heterocycles. The van der Waals surface area contributed by atoms with E-state index in [4.69, 9.17) is 20.0 Å². The first-order chi connectivity index (χ1) is 37.9. The molecule has 0 aliphatic heterocycles. The quantitative estimate of drug-likeness (QED) is 0.0915. The molecule has 7 aromatic carbocycles. The van der Waals surface area contributed by atoms with Crippen LogP contribution in [0.5, 0.6) is 0 Å². The van der Waals surface area contributed by atoms with Crippen LogP contribution in [-0.4, -0.2) is 39.1 Å². The van der Waals surface area contributed by atoms with Crippen LogP contribution in [0, 0.1) is 5.92 Å². The van der Waals surface area contributed by atoms with Crippen molar-refractivity contribution < 1.29 is 0 Å². The molecule has 0 bridgehead atoms. The first-order valence-electron chi connectivity index (χ1n) is 26.7. The molecule has 0 amide bonds. The van der Waals surface area contributed by atoms with Crippen LogP contribution in [0.1, 0.15) is 83.7 Å². The molecule has 2 heterocycles. The van der Waals surface area contributed by atoms with E-state index in [0.717, 1.165) is 87.2 Å². The van der Waals surface area contributed by atoms with Crippen molar-refractivity contribution in [2.24, 2.45) is 30.9 Å². The van der Waals surface area contributed by atoms with Crippen LogP contribution in [0.15, 0.2) is 243 Å². The highest BCUT2D eigenvalue weighted by Crippen LogP contribution is 2.39. The van der Waals surface area contributed by atoms with Crippen molar-refractivity contribution in [1.29, 1.82) is 0 Å². The number of amidine groups is 3. The summed E-state index contributed by atoms with van der Waals surface area (Å²) in [6.07, 6.45) is 20.0. The Balaban J connectivity index is 0.918. The summed E-state index contributed by atoms with van der Waals surface area (Å²) >= 11 is 0. The van der Waals surface area contributed by atoms with Gasteiger partial charge in [0.1, 0.15) is 0 Å². The number of aromatic nitrogens is 2. The van der Waals surface area contributed by atoms with Gasteiger partial charge in [0.15, 0.2) is 17.5 Å². The highest BCUT2D eigenvalue weighted by molar-refractivity contribution is 6.15. The van der Waals surface area contributed by atoms with Crippen LogP contribution >= 0.6 is 0 Å². The lowest BCUT2D eigenvalue weighted by atomic mass is 9.88. The van der Waals surface area contributed by atoms with Crippen molar-refractivity contribution in [3.05, 3.63) is 274 Å². The molecule has 3 aliphatic rings. The molecular weight excluding hydrogens is 939 g/mol. The molecule has 0 saturated heterocycles. The van der Waals surface area contributed by atoms with E-state index in [2.05, 4.69) is 192 Å². The molecule has 0 saturated carbocycles. The molecule has 77 heavy (non-hydrogen) atoms. The second-order valence-electron chi connectivity index (χ2n) is 20.1. The second-order valence-corrected chi connectivity index (χ2v) is 20.1. The molecule has 0 spiro atoms. The fourth-order valence-corrected chi connectivity index (χ4v) is 11.1. The fourth-order valence-electron chi connectivity index (χ4n) is 11.1. The topological polar surface area (TPSA) is 71.7 Å². The zero-order valence-corrected chi connectivity index (χ0v) is 43.6. The summed E-state index contributed by atoms with van der Waals surface area (Å²) < 4.78 is 4.88. The fraction of sp³-hybridized carbons (Fsp3) is 0.129. The minimum atomic E-state index is 0.163. The normalized spacial score (nSPS) is 16.6. The average Bonchev–Trinajstić information content (AvgIpc) is 4.04. The summed E-state index contributed by atoms with van der Waals surface area (Å²) in [5.41, 5.74) is 15.9. The smallest absolute Gasteiger partial charge is 0.160 e. The number of allylic oxidation sites excluding steroid dienone is 3. The molecule has 0 N–H and O–H groups in total. The molecule has 12 rings (SSSR count). The maximum atomic E-state index is 5.20. The van der Waals surface area contributed by atoms with Crippen LogP contribution in [0.3, 0.4) is 0 Å². The van der Waals surface area contributed by atoms with E-state index >= 15 is 0 Å². The highest BCUT2D eigenvalue weighted by atomic mass is 15.0. The third-order valence-corrected chi connectivity index (χ3v) is 15.0. The van der Waals surface area contributed by atoms with E-state index in [9.17, 15) is 0 Å². The maximum absolute atomic E-state index is 5.20. The second kappa shape index (κ2) is 21.5. The molecular formula is C70H59N7. The summed E-state index contributed by atoms with van der Waals surface area (Å²) in [6, 6.07) is 63.7. The molecule has 0 radical (unpaired) electrons. The van der Waals surface area contributed by atoms with Crippen LogP contribution in [-0.2, 0) is 13.0 Å². The van der Waals surface area contributed by atoms with Crippen molar-refractivity contribution in [3.63, 3.8) is 0 Å². The number of hydrogen-bond acceptors (Lipinski definition) is 2. The standard InChI is InChI=1S/C70H59N7/c1-47-37-39-54(40-38-47)68(71-4)75-69(53-26-12-7-13-27-53)72-46-50-21-18-29-57(43-50)76-63-34-16-14-31-60(63)62-45-55(41-42-65(62)76)59-33-20-36-66-67(59)61-32-15-17-35-64(61)77(66)58-30-19-28-56(44-58)70(73-48(2)51-22-8-5-9-23-51)74-49(3)52-24-10-6-11-25-52/h5-13,15-30,32-37,39-40,42-45,47,55H,2,4,14,31,38,41,46H2,1,3H3. The predicted molar refractivity (Wildman–Crippen MR) is 325 cm³/mol. The molecule has 374 valence electrons. The Labute approximate surface area is 450 Å². The van der Waals surface area contributed by atoms with Gasteiger partial charge in [-0.1, -0.05) is 196 Å². The Kier molecular flexibility index (Phi) is 13.6.